The van der Waals surface area contributed by atoms with Gasteiger partial charge in [-0.3, -0.25) is 4.98 Å². The maximum absolute atomic E-state index is 6.56. The molecule has 57 heavy (non-hydrogen) atoms. The number of furan rings is 1. The lowest BCUT2D eigenvalue weighted by Crippen LogP contribution is -2.33. The lowest BCUT2D eigenvalue weighted by Gasteiger charge is -2.24. The fourth-order valence-electron chi connectivity index (χ4n) is 8.53. The molecule has 0 fully saturated rings. The second-order valence-corrected chi connectivity index (χ2v) is 15.5. The lowest BCUT2D eigenvalue weighted by molar-refractivity contribution is 0.628. The van der Waals surface area contributed by atoms with Crippen molar-refractivity contribution in [1.29, 1.82) is 0 Å². The molecule has 0 saturated carbocycles. The molecule has 5 heterocycles. The summed E-state index contributed by atoms with van der Waals surface area (Å²) >= 11 is 1.73. The SMILES string of the molecule is c1ccc(C2=NC(c3cc(-n4c5ccccc5c5ccc(-c6ccccc6)cc54)cc4c3sc3cnccc34)=NC(c3cccc4c3oc3ccccc34)N2)cc1. The molecule has 0 spiro atoms. The van der Waals surface area contributed by atoms with Crippen LogP contribution in [-0.4, -0.2) is 21.2 Å². The molecule has 11 aromatic rings. The van der Waals surface area contributed by atoms with Crippen LogP contribution in [0.25, 0.3) is 80.7 Å². The van der Waals surface area contributed by atoms with Gasteiger partial charge in [0, 0.05) is 71.8 Å². The summed E-state index contributed by atoms with van der Waals surface area (Å²) in [5.74, 6) is 1.41. The Morgan fingerprint density at radius 3 is 2.21 bits per heavy atom. The van der Waals surface area contributed by atoms with Gasteiger partial charge in [-0.15, -0.1) is 11.3 Å². The lowest BCUT2D eigenvalue weighted by atomic mass is 10.0. The summed E-state index contributed by atoms with van der Waals surface area (Å²) in [4.78, 5) is 15.3. The van der Waals surface area contributed by atoms with Gasteiger partial charge >= 0.3 is 0 Å². The Bertz CT molecular complexity index is 3450. The van der Waals surface area contributed by atoms with Gasteiger partial charge < -0.3 is 14.3 Å². The minimum Gasteiger partial charge on any atom is -0.456 e. The van der Waals surface area contributed by atoms with Crippen LogP contribution in [0.3, 0.4) is 0 Å². The number of benzene rings is 7. The van der Waals surface area contributed by atoms with Gasteiger partial charge in [-0.25, -0.2) is 9.98 Å². The van der Waals surface area contributed by atoms with Gasteiger partial charge in [0.1, 0.15) is 17.0 Å². The summed E-state index contributed by atoms with van der Waals surface area (Å²) in [6.45, 7) is 0. The van der Waals surface area contributed by atoms with E-state index < -0.39 is 6.17 Å². The van der Waals surface area contributed by atoms with E-state index in [1.165, 1.54) is 21.9 Å². The first-order valence-corrected chi connectivity index (χ1v) is 19.9. The van der Waals surface area contributed by atoms with Gasteiger partial charge in [-0.1, -0.05) is 127 Å². The quantitative estimate of drug-likeness (QED) is 0.190. The molecule has 1 aliphatic heterocycles. The average Bonchev–Trinajstić information content (AvgIpc) is 3.96. The average molecular weight is 750 g/mol. The van der Waals surface area contributed by atoms with Crippen LogP contribution >= 0.6 is 11.3 Å². The molecule has 0 radical (unpaired) electrons. The van der Waals surface area contributed by atoms with E-state index in [0.717, 1.165) is 81.4 Å². The Morgan fingerprint density at radius 2 is 1.33 bits per heavy atom. The highest BCUT2D eigenvalue weighted by atomic mass is 32.1. The topological polar surface area (TPSA) is 67.7 Å². The van der Waals surface area contributed by atoms with E-state index in [4.69, 9.17) is 14.4 Å². The number of hydrogen-bond donors (Lipinski definition) is 1. The Hall–Kier alpha value is -7.35. The predicted octanol–water partition coefficient (Wildman–Crippen LogP) is 12.6. The minimum absolute atomic E-state index is 0.464. The van der Waals surface area contributed by atoms with Crippen molar-refractivity contribution >= 4 is 86.9 Å². The molecular formula is C50H31N5OS. The number of thiophene rings is 1. The third kappa shape index (κ3) is 5.06. The molecule has 0 amide bonds. The van der Waals surface area contributed by atoms with E-state index in [1.54, 1.807) is 11.3 Å². The summed E-state index contributed by atoms with van der Waals surface area (Å²) < 4.78 is 11.2. The molecule has 0 aliphatic carbocycles. The van der Waals surface area contributed by atoms with Crippen LogP contribution in [-0.2, 0) is 0 Å². The Labute approximate surface area is 330 Å². The van der Waals surface area contributed by atoms with Gasteiger partial charge in [0.15, 0.2) is 12.0 Å². The molecule has 6 nitrogen and oxygen atoms in total. The Kier molecular flexibility index (Phi) is 7.06. The largest absolute Gasteiger partial charge is 0.456 e. The normalized spacial score (nSPS) is 14.5. The van der Waals surface area contributed by atoms with Crippen molar-refractivity contribution in [2.75, 3.05) is 0 Å². The first-order valence-electron chi connectivity index (χ1n) is 19.0. The van der Waals surface area contributed by atoms with Crippen molar-refractivity contribution in [2.24, 2.45) is 9.98 Å². The summed E-state index contributed by atoms with van der Waals surface area (Å²) in [7, 11) is 0. The van der Waals surface area contributed by atoms with Crippen molar-refractivity contribution in [3.63, 3.8) is 0 Å². The molecule has 4 aromatic heterocycles. The van der Waals surface area contributed by atoms with Crippen LogP contribution in [0.5, 0.6) is 0 Å². The molecule has 1 atom stereocenters. The third-order valence-corrected chi connectivity index (χ3v) is 12.3. The van der Waals surface area contributed by atoms with Gasteiger partial charge in [-0.2, -0.15) is 0 Å². The van der Waals surface area contributed by atoms with E-state index in [1.807, 2.05) is 42.7 Å². The first kappa shape index (κ1) is 31.9. The number of fused-ring (bicyclic) bond motifs is 9. The number of nitrogens with one attached hydrogen (secondary N) is 1. The van der Waals surface area contributed by atoms with E-state index in [2.05, 4.69) is 148 Å². The van der Waals surface area contributed by atoms with E-state index in [-0.39, 0.29) is 0 Å². The first-order chi connectivity index (χ1) is 28.2. The summed E-state index contributed by atoms with van der Waals surface area (Å²) in [5, 5.41) is 10.6. The molecule has 0 bridgehead atoms. The molecule has 1 aliphatic rings. The number of hydrogen-bond acceptors (Lipinski definition) is 6. The number of aromatic nitrogens is 2. The highest BCUT2D eigenvalue weighted by Gasteiger charge is 2.27. The van der Waals surface area contributed by atoms with Gasteiger partial charge in [-0.05, 0) is 47.5 Å². The molecule has 7 heteroatoms. The molecule has 1 unspecified atom stereocenters. The highest BCUT2D eigenvalue weighted by Crippen LogP contribution is 2.42. The fraction of sp³-hybridized carbons (Fsp3) is 0.0200. The smallest absolute Gasteiger partial charge is 0.160 e. The van der Waals surface area contributed by atoms with Crippen LogP contribution in [0, 0.1) is 0 Å². The maximum Gasteiger partial charge on any atom is 0.160 e. The highest BCUT2D eigenvalue weighted by molar-refractivity contribution is 7.26. The van der Waals surface area contributed by atoms with Crippen LogP contribution < -0.4 is 5.32 Å². The fourth-order valence-corrected chi connectivity index (χ4v) is 9.69. The zero-order valence-electron chi connectivity index (χ0n) is 30.4. The van der Waals surface area contributed by atoms with Crippen molar-refractivity contribution in [1.82, 2.24) is 14.9 Å². The number of pyridine rings is 1. The van der Waals surface area contributed by atoms with Crippen molar-refractivity contribution in [3.05, 3.63) is 193 Å². The minimum atomic E-state index is -0.464. The maximum atomic E-state index is 6.56. The Balaban J connectivity index is 1.14. The van der Waals surface area contributed by atoms with Crippen molar-refractivity contribution < 1.29 is 4.42 Å². The molecule has 0 saturated heterocycles. The summed E-state index contributed by atoms with van der Waals surface area (Å²) in [6, 6.07) is 57.6. The molecular weight excluding hydrogens is 719 g/mol. The van der Waals surface area contributed by atoms with Gasteiger partial charge in [0.2, 0.25) is 0 Å². The Morgan fingerprint density at radius 1 is 0.579 bits per heavy atom. The summed E-state index contributed by atoms with van der Waals surface area (Å²) in [5.41, 5.74) is 10.2. The second kappa shape index (κ2) is 12.6. The van der Waals surface area contributed by atoms with Crippen LogP contribution in [0.4, 0.5) is 0 Å². The number of para-hydroxylation sites is 3. The van der Waals surface area contributed by atoms with E-state index in [0.29, 0.717) is 5.84 Å². The zero-order valence-corrected chi connectivity index (χ0v) is 31.2. The standard InChI is InChI=1S/C50H31N5OS/c1-3-12-30(13-4-1)32-22-23-35-34-16-7-9-20-42(34)55(43(35)26-32)33-27-40-37-24-25-51-29-45(37)57-47(40)41(28-33)50-53-48(31-14-5-2-6-15-31)52-49(54-50)39-19-11-18-38-36-17-8-10-21-44(36)56-46(38)39/h1-29,49H,(H,52,53,54). The van der Waals surface area contributed by atoms with Crippen molar-refractivity contribution in [2.45, 2.75) is 6.17 Å². The second-order valence-electron chi connectivity index (χ2n) is 14.4. The molecule has 12 rings (SSSR count). The monoisotopic (exact) mass is 749 g/mol. The number of amidine groups is 2. The number of aliphatic imine (C=N–C) groups is 2. The molecule has 1 N–H and O–H groups in total. The number of rotatable bonds is 5. The van der Waals surface area contributed by atoms with Crippen LogP contribution in [0.2, 0.25) is 0 Å². The van der Waals surface area contributed by atoms with Gasteiger partial charge in [0.25, 0.3) is 0 Å². The molecule has 7 aromatic carbocycles. The van der Waals surface area contributed by atoms with E-state index >= 15 is 0 Å². The predicted molar refractivity (Wildman–Crippen MR) is 236 cm³/mol. The molecule has 268 valence electrons. The van der Waals surface area contributed by atoms with Crippen LogP contribution in [0.15, 0.2) is 191 Å². The van der Waals surface area contributed by atoms with Crippen molar-refractivity contribution in [3.8, 4) is 16.8 Å². The number of nitrogens with zero attached hydrogens (tertiary/aromatic N) is 4. The summed E-state index contributed by atoms with van der Waals surface area (Å²) in [6.07, 6.45) is 3.38. The zero-order chi connectivity index (χ0) is 37.5. The third-order valence-electron chi connectivity index (χ3n) is 11.2. The van der Waals surface area contributed by atoms with Crippen LogP contribution in [0.1, 0.15) is 22.9 Å². The van der Waals surface area contributed by atoms with Gasteiger partial charge in [0.05, 0.1) is 15.7 Å². The van der Waals surface area contributed by atoms with E-state index in [9.17, 15) is 0 Å².